The zero-order valence-corrected chi connectivity index (χ0v) is 20.7. The second-order valence-corrected chi connectivity index (χ2v) is 9.20. The first kappa shape index (κ1) is 26.4. The molecule has 0 aliphatic carbocycles. The minimum Gasteiger partial charge on any atom is -0.481 e. The number of carboxylic acid groups (broad SMARTS) is 1. The summed E-state index contributed by atoms with van der Waals surface area (Å²) in [4.78, 5) is 36.4. The molecule has 1 unspecified atom stereocenters. The van der Waals surface area contributed by atoms with E-state index in [1.807, 2.05) is 29.8 Å². The van der Waals surface area contributed by atoms with Gasteiger partial charge in [0.2, 0.25) is 0 Å². The molecule has 3 aromatic rings. The molecule has 2 aromatic carbocycles. The maximum atomic E-state index is 15.0. The van der Waals surface area contributed by atoms with Crippen molar-refractivity contribution in [2.24, 2.45) is 13.0 Å². The third-order valence-electron chi connectivity index (χ3n) is 6.19. The van der Waals surface area contributed by atoms with E-state index in [1.165, 1.54) is 12.1 Å². The molecule has 35 heavy (non-hydrogen) atoms. The van der Waals surface area contributed by atoms with Crippen LogP contribution in [0.5, 0.6) is 0 Å². The fourth-order valence-electron chi connectivity index (χ4n) is 4.24. The molecule has 0 aliphatic heterocycles. The van der Waals surface area contributed by atoms with Crippen LogP contribution in [0.4, 0.5) is 4.39 Å². The van der Waals surface area contributed by atoms with Crippen molar-refractivity contribution >= 4 is 40.2 Å². The highest BCUT2D eigenvalue weighted by Crippen LogP contribution is 2.28. The lowest BCUT2D eigenvalue weighted by Gasteiger charge is -2.17. The van der Waals surface area contributed by atoms with Crippen molar-refractivity contribution in [2.45, 2.75) is 45.4 Å². The summed E-state index contributed by atoms with van der Waals surface area (Å²) in [6, 6.07) is 11.5. The van der Waals surface area contributed by atoms with Crippen molar-refractivity contribution in [3.05, 3.63) is 70.1 Å². The summed E-state index contributed by atoms with van der Waals surface area (Å²) in [6.45, 7) is 2.05. The quantitative estimate of drug-likeness (QED) is 0.243. The minimum atomic E-state index is -1.03. The molecular weight excluding hydrogens is 471 g/mol. The summed E-state index contributed by atoms with van der Waals surface area (Å²) in [5.41, 5.74) is 1.92. The van der Waals surface area contributed by atoms with Gasteiger partial charge in [-0.2, -0.15) is 0 Å². The Hall–Kier alpha value is -3.19. The molecule has 1 amide bonds. The van der Waals surface area contributed by atoms with Crippen LogP contribution in [-0.2, 0) is 18.3 Å². The number of unbranched alkanes of at least 4 members (excludes halogenated alkanes) is 2. The zero-order chi connectivity index (χ0) is 25.5. The third kappa shape index (κ3) is 6.69. The average Bonchev–Trinajstić information content (AvgIpc) is 3.14. The molecule has 0 radical (unpaired) electrons. The summed E-state index contributed by atoms with van der Waals surface area (Å²) in [5, 5.41) is 12.6. The first-order valence-electron chi connectivity index (χ1n) is 11.8. The number of ketones is 1. The first-order chi connectivity index (χ1) is 16.7. The van der Waals surface area contributed by atoms with E-state index in [4.69, 9.17) is 16.7 Å². The monoisotopic (exact) mass is 500 g/mol. The fourth-order valence-corrected chi connectivity index (χ4v) is 4.42. The van der Waals surface area contributed by atoms with Gasteiger partial charge in [0.25, 0.3) is 5.91 Å². The Kier molecular flexibility index (Phi) is 9.04. The van der Waals surface area contributed by atoms with E-state index in [1.54, 1.807) is 6.07 Å². The molecule has 8 heteroatoms. The van der Waals surface area contributed by atoms with Crippen LogP contribution < -0.4 is 5.32 Å². The second kappa shape index (κ2) is 12.0. The van der Waals surface area contributed by atoms with Gasteiger partial charge in [0.15, 0.2) is 5.78 Å². The maximum absolute atomic E-state index is 15.0. The van der Waals surface area contributed by atoms with Crippen LogP contribution >= 0.6 is 11.6 Å². The van der Waals surface area contributed by atoms with E-state index < -0.39 is 23.6 Å². The van der Waals surface area contributed by atoms with Crippen molar-refractivity contribution in [1.29, 1.82) is 0 Å². The molecule has 1 atom stereocenters. The third-order valence-corrected chi connectivity index (χ3v) is 6.42. The first-order valence-corrected chi connectivity index (χ1v) is 12.2. The zero-order valence-electron chi connectivity index (χ0n) is 19.9. The number of aliphatic carboxylic acids is 1. The van der Waals surface area contributed by atoms with Gasteiger partial charge in [-0.25, -0.2) is 4.39 Å². The Morgan fingerprint density at radius 1 is 1.11 bits per heavy atom. The summed E-state index contributed by atoms with van der Waals surface area (Å²) in [6.07, 6.45) is 3.48. The van der Waals surface area contributed by atoms with Gasteiger partial charge >= 0.3 is 5.97 Å². The van der Waals surface area contributed by atoms with Crippen molar-refractivity contribution in [1.82, 2.24) is 9.88 Å². The highest BCUT2D eigenvalue weighted by Gasteiger charge is 2.25. The number of nitrogens with one attached hydrogen (secondary N) is 1. The van der Waals surface area contributed by atoms with Crippen molar-refractivity contribution in [3.8, 4) is 0 Å². The molecule has 186 valence electrons. The number of hydrogen-bond acceptors (Lipinski definition) is 3. The average molecular weight is 501 g/mol. The van der Waals surface area contributed by atoms with Gasteiger partial charge in [-0.3, -0.25) is 14.4 Å². The summed E-state index contributed by atoms with van der Waals surface area (Å²) in [5.74, 6) is -2.59. The highest BCUT2D eigenvalue weighted by atomic mass is 35.5. The summed E-state index contributed by atoms with van der Waals surface area (Å²) < 4.78 is 16.8. The number of halogens is 2. The SMILES string of the molecule is CCCCCC(Cc1ccc(C(=O)NCCC(=O)O)cc1F)C(=O)c1cc2cc(Cl)ccc2n1C. The molecule has 0 saturated heterocycles. The van der Waals surface area contributed by atoms with E-state index in [0.29, 0.717) is 22.7 Å². The molecule has 1 heterocycles. The van der Waals surface area contributed by atoms with Crippen LogP contribution in [0.25, 0.3) is 10.9 Å². The van der Waals surface area contributed by atoms with Gasteiger partial charge in [-0.05, 0) is 54.8 Å². The predicted molar refractivity (Wildman–Crippen MR) is 135 cm³/mol. The van der Waals surface area contributed by atoms with Gasteiger partial charge in [-0.1, -0.05) is 43.9 Å². The Bertz CT molecular complexity index is 1240. The Labute approximate surface area is 209 Å². The predicted octanol–water partition coefficient (Wildman–Crippen LogP) is 5.80. The van der Waals surface area contributed by atoms with Crippen LogP contribution in [0.1, 0.15) is 65.4 Å². The fraction of sp³-hybridized carbons (Fsp3) is 0.370. The Morgan fingerprint density at radius 3 is 2.57 bits per heavy atom. The van der Waals surface area contributed by atoms with Gasteiger partial charge in [0.05, 0.1) is 12.1 Å². The smallest absolute Gasteiger partial charge is 0.305 e. The molecule has 0 fully saturated rings. The van der Waals surface area contributed by atoms with E-state index in [0.717, 1.165) is 36.2 Å². The number of carbonyl (C=O) groups is 3. The molecule has 1 aromatic heterocycles. The lowest BCUT2D eigenvalue weighted by atomic mass is 9.88. The highest BCUT2D eigenvalue weighted by molar-refractivity contribution is 6.31. The van der Waals surface area contributed by atoms with Gasteiger partial charge < -0.3 is 15.0 Å². The van der Waals surface area contributed by atoms with Gasteiger partial charge in [0.1, 0.15) is 5.82 Å². The number of hydrogen-bond donors (Lipinski definition) is 2. The summed E-state index contributed by atoms with van der Waals surface area (Å²) >= 11 is 6.12. The molecule has 0 bridgehead atoms. The number of aryl methyl sites for hydroxylation is 1. The minimum absolute atomic E-state index is 0.0399. The van der Waals surface area contributed by atoms with Gasteiger partial charge in [0, 0.05) is 41.0 Å². The standard InChI is InChI=1S/C27H30ClFN2O4/c1-3-4-5-6-18(26(34)24-16-20-14-21(28)9-10-23(20)31(24)2)13-17-7-8-19(15-22(17)29)27(35)30-12-11-25(32)33/h7-10,14-16,18H,3-6,11-13H2,1-2H3,(H,30,35)(H,32,33). The molecule has 0 saturated carbocycles. The lowest BCUT2D eigenvalue weighted by molar-refractivity contribution is -0.136. The lowest BCUT2D eigenvalue weighted by Crippen LogP contribution is -2.26. The number of amides is 1. The van der Waals surface area contributed by atoms with E-state index in [2.05, 4.69) is 12.2 Å². The summed E-state index contributed by atoms with van der Waals surface area (Å²) in [7, 11) is 1.84. The number of benzene rings is 2. The maximum Gasteiger partial charge on any atom is 0.305 e. The Morgan fingerprint density at radius 2 is 1.89 bits per heavy atom. The molecule has 2 N–H and O–H groups in total. The normalized spacial score (nSPS) is 12.0. The molecule has 0 aliphatic rings. The van der Waals surface area contributed by atoms with Crippen LogP contribution in [0.2, 0.25) is 5.02 Å². The number of carboxylic acids is 1. The number of aromatic nitrogens is 1. The number of carbonyl (C=O) groups excluding carboxylic acids is 2. The van der Waals surface area contributed by atoms with E-state index in [-0.39, 0.29) is 30.7 Å². The topological polar surface area (TPSA) is 88.4 Å². The van der Waals surface area contributed by atoms with Crippen molar-refractivity contribution in [2.75, 3.05) is 6.54 Å². The molecule has 6 nitrogen and oxygen atoms in total. The number of Topliss-reactive ketones (excluding diaryl/α,β-unsaturated/α-hetero) is 1. The molecule has 0 spiro atoms. The number of rotatable bonds is 12. The van der Waals surface area contributed by atoms with Crippen molar-refractivity contribution < 1.29 is 23.9 Å². The van der Waals surface area contributed by atoms with Crippen molar-refractivity contribution in [3.63, 3.8) is 0 Å². The van der Waals surface area contributed by atoms with E-state index in [9.17, 15) is 18.8 Å². The number of nitrogens with zero attached hydrogens (tertiary/aromatic N) is 1. The largest absolute Gasteiger partial charge is 0.481 e. The van der Waals surface area contributed by atoms with Crippen LogP contribution in [0.15, 0.2) is 42.5 Å². The second-order valence-electron chi connectivity index (χ2n) is 8.76. The number of fused-ring (bicyclic) bond motifs is 1. The van der Waals surface area contributed by atoms with Crippen LogP contribution in [-0.4, -0.2) is 33.9 Å². The molecule has 3 rings (SSSR count). The van der Waals surface area contributed by atoms with Gasteiger partial charge in [-0.15, -0.1) is 0 Å². The van der Waals surface area contributed by atoms with Crippen LogP contribution in [0.3, 0.4) is 0 Å². The molecular formula is C27H30ClFN2O4. The Balaban J connectivity index is 1.81. The van der Waals surface area contributed by atoms with E-state index >= 15 is 0 Å². The van der Waals surface area contributed by atoms with Crippen LogP contribution in [0, 0.1) is 11.7 Å².